The minimum absolute atomic E-state index is 0.124. The summed E-state index contributed by atoms with van der Waals surface area (Å²) < 4.78 is 1.26. The largest absolute Gasteiger partial charge is 0.477 e. The summed E-state index contributed by atoms with van der Waals surface area (Å²) in [7, 11) is 0. The third kappa shape index (κ3) is 2.08. The van der Waals surface area contributed by atoms with Crippen molar-refractivity contribution in [2.45, 2.75) is 0 Å². The summed E-state index contributed by atoms with van der Waals surface area (Å²) in [5, 5.41) is 24.9. The zero-order valence-electron chi connectivity index (χ0n) is 10.5. The molecular formula is C13H8N4O4. The fourth-order valence-corrected chi connectivity index (χ4v) is 2.00. The minimum Gasteiger partial charge on any atom is -0.477 e. The van der Waals surface area contributed by atoms with Gasteiger partial charge in [0.15, 0.2) is 5.69 Å². The SMILES string of the molecule is O=C(O)c1ccc([N+](=O)[O-])c(-n2ncc3ccccc32)n1. The van der Waals surface area contributed by atoms with Gasteiger partial charge in [-0.1, -0.05) is 18.2 Å². The molecule has 3 aromatic rings. The third-order valence-corrected chi connectivity index (χ3v) is 2.95. The minimum atomic E-state index is -1.26. The first-order valence-electron chi connectivity index (χ1n) is 5.90. The van der Waals surface area contributed by atoms with Crippen molar-refractivity contribution in [1.29, 1.82) is 0 Å². The number of para-hydroxylation sites is 1. The van der Waals surface area contributed by atoms with E-state index < -0.39 is 10.9 Å². The summed E-state index contributed by atoms with van der Waals surface area (Å²) in [6.45, 7) is 0. The van der Waals surface area contributed by atoms with E-state index in [1.165, 1.54) is 10.9 Å². The molecule has 1 N–H and O–H groups in total. The lowest BCUT2D eigenvalue weighted by molar-refractivity contribution is -0.384. The first-order chi connectivity index (χ1) is 10.1. The second-order valence-electron chi connectivity index (χ2n) is 4.22. The second-order valence-corrected chi connectivity index (χ2v) is 4.22. The van der Waals surface area contributed by atoms with Crippen molar-refractivity contribution in [2.24, 2.45) is 0 Å². The highest BCUT2D eigenvalue weighted by atomic mass is 16.6. The molecule has 0 radical (unpaired) electrons. The van der Waals surface area contributed by atoms with Gasteiger partial charge in [0.2, 0.25) is 5.82 Å². The molecule has 0 spiro atoms. The van der Waals surface area contributed by atoms with Gasteiger partial charge in [-0.05, 0) is 12.1 Å². The lowest BCUT2D eigenvalue weighted by Gasteiger charge is -2.04. The van der Waals surface area contributed by atoms with Gasteiger partial charge in [-0.15, -0.1) is 0 Å². The second kappa shape index (κ2) is 4.67. The fraction of sp³-hybridized carbons (Fsp3) is 0. The number of hydrogen-bond donors (Lipinski definition) is 1. The highest BCUT2D eigenvalue weighted by Gasteiger charge is 2.21. The van der Waals surface area contributed by atoms with Gasteiger partial charge in [0.05, 0.1) is 16.6 Å². The summed E-state index contributed by atoms with van der Waals surface area (Å²) in [5.74, 6) is -1.39. The number of fused-ring (bicyclic) bond motifs is 1. The number of nitro groups is 1. The molecule has 0 bridgehead atoms. The molecule has 0 aliphatic carbocycles. The van der Waals surface area contributed by atoms with Crippen molar-refractivity contribution >= 4 is 22.6 Å². The standard InChI is InChI=1S/C13H8N4O4/c18-13(19)9-5-6-11(17(20)21)12(15-9)16-10-4-2-1-3-8(10)7-14-16/h1-7H,(H,18,19). The number of aromatic carboxylic acids is 1. The van der Waals surface area contributed by atoms with Crippen molar-refractivity contribution in [2.75, 3.05) is 0 Å². The summed E-state index contributed by atoms with van der Waals surface area (Å²) in [5.41, 5.74) is 0.0136. The number of hydrogen-bond acceptors (Lipinski definition) is 5. The van der Waals surface area contributed by atoms with Crippen LogP contribution in [0.2, 0.25) is 0 Å². The molecule has 0 amide bonds. The number of carboxylic acids is 1. The van der Waals surface area contributed by atoms with E-state index in [1.807, 2.05) is 6.07 Å². The molecule has 0 saturated carbocycles. The van der Waals surface area contributed by atoms with Gasteiger partial charge in [0.1, 0.15) is 0 Å². The molecule has 104 valence electrons. The van der Waals surface area contributed by atoms with Crippen LogP contribution in [0, 0.1) is 10.1 Å². The number of carbonyl (C=O) groups is 1. The van der Waals surface area contributed by atoms with Crippen molar-refractivity contribution in [3.63, 3.8) is 0 Å². The Hall–Kier alpha value is -3.29. The van der Waals surface area contributed by atoms with Crippen LogP contribution in [-0.4, -0.2) is 30.8 Å². The van der Waals surface area contributed by atoms with Crippen LogP contribution in [0.25, 0.3) is 16.7 Å². The van der Waals surface area contributed by atoms with Crippen LogP contribution in [0.1, 0.15) is 10.5 Å². The Morgan fingerprint density at radius 3 is 2.71 bits per heavy atom. The quantitative estimate of drug-likeness (QED) is 0.581. The van der Waals surface area contributed by atoms with Crippen LogP contribution < -0.4 is 0 Å². The molecule has 21 heavy (non-hydrogen) atoms. The van der Waals surface area contributed by atoms with Gasteiger partial charge in [-0.2, -0.15) is 5.10 Å². The number of pyridine rings is 1. The first kappa shape index (κ1) is 12.7. The molecule has 0 atom stereocenters. The molecule has 2 aromatic heterocycles. The summed E-state index contributed by atoms with van der Waals surface area (Å²) in [6.07, 6.45) is 1.54. The van der Waals surface area contributed by atoms with E-state index >= 15 is 0 Å². The Balaban J connectivity index is 2.31. The van der Waals surface area contributed by atoms with Gasteiger partial charge in [0.25, 0.3) is 0 Å². The Bertz CT molecular complexity index is 871. The molecule has 0 aliphatic heterocycles. The van der Waals surface area contributed by atoms with Gasteiger partial charge in [-0.25, -0.2) is 14.5 Å². The lowest BCUT2D eigenvalue weighted by Crippen LogP contribution is -2.09. The number of aromatic nitrogens is 3. The molecule has 2 heterocycles. The zero-order chi connectivity index (χ0) is 15.0. The monoisotopic (exact) mass is 284 g/mol. The van der Waals surface area contributed by atoms with E-state index in [0.29, 0.717) is 5.52 Å². The van der Waals surface area contributed by atoms with Crippen LogP contribution in [-0.2, 0) is 0 Å². The fourth-order valence-electron chi connectivity index (χ4n) is 2.00. The molecule has 8 nitrogen and oxygen atoms in total. The molecule has 3 rings (SSSR count). The lowest BCUT2D eigenvalue weighted by atomic mass is 10.2. The van der Waals surface area contributed by atoms with E-state index in [2.05, 4.69) is 10.1 Å². The van der Waals surface area contributed by atoms with E-state index in [0.717, 1.165) is 17.5 Å². The number of benzene rings is 1. The van der Waals surface area contributed by atoms with Gasteiger partial charge < -0.3 is 5.11 Å². The van der Waals surface area contributed by atoms with Crippen molar-refractivity contribution < 1.29 is 14.8 Å². The predicted molar refractivity (Wildman–Crippen MR) is 72.5 cm³/mol. The van der Waals surface area contributed by atoms with Gasteiger partial charge >= 0.3 is 11.7 Å². The van der Waals surface area contributed by atoms with Crippen LogP contribution in [0.4, 0.5) is 5.69 Å². The Morgan fingerprint density at radius 1 is 1.24 bits per heavy atom. The maximum Gasteiger partial charge on any atom is 0.354 e. The van der Waals surface area contributed by atoms with E-state index in [-0.39, 0.29) is 17.2 Å². The van der Waals surface area contributed by atoms with E-state index in [1.54, 1.807) is 18.2 Å². The maximum atomic E-state index is 11.1. The number of nitrogens with zero attached hydrogens (tertiary/aromatic N) is 4. The Kier molecular flexibility index (Phi) is 2.83. The highest BCUT2D eigenvalue weighted by molar-refractivity contribution is 5.86. The molecule has 1 aromatic carbocycles. The number of carboxylic acid groups (broad SMARTS) is 1. The number of rotatable bonds is 3. The maximum absolute atomic E-state index is 11.1. The van der Waals surface area contributed by atoms with Crippen LogP contribution in [0.5, 0.6) is 0 Å². The van der Waals surface area contributed by atoms with Crippen molar-refractivity contribution in [3.05, 3.63) is 58.4 Å². The predicted octanol–water partition coefficient (Wildman–Crippen LogP) is 2.03. The molecule has 0 aliphatic rings. The highest BCUT2D eigenvalue weighted by Crippen LogP contribution is 2.24. The van der Waals surface area contributed by atoms with E-state index in [9.17, 15) is 14.9 Å². The average molecular weight is 284 g/mol. The third-order valence-electron chi connectivity index (χ3n) is 2.95. The zero-order valence-corrected chi connectivity index (χ0v) is 10.5. The normalized spacial score (nSPS) is 10.7. The van der Waals surface area contributed by atoms with Crippen LogP contribution in [0.15, 0.2) is 42.6 Å². The molecule has 0 saturated heterocycles. The smallest absolute Gasteiger partial charge is 0.354 e. The summed E-state index contributed by atoms with van der Waals surface area (Å²) in [6, 6.07) is 9.29. The Labute approximate surface area is 117 Å². The Morgan fingerprint density at radius 2 is 2.00 bits per heavy atom. The van der Waals surface area contributed by atoms with Gasteiger partial charge in [0, 0.05) is 11.5 Å². The molecule has 0 fully saturated rings. The van der Waals surface area contributed by atoms with E-state index in [4.69, 9.17) is 5.11 Å². The van der Waals surface area contributed by atoms with Gasteiger partial charge in [-0.3, -0.25) is 10.1 Å². The average Bonchev–Trinajstić information content (AvgIpc) is 2.90. The summed E-state index contributed by atoms with van der Waals surface area (Å²) >= 11 is 0. The summed E-state index contributed by atoms with van der Waals surface area (Å²) in [4.78, 5) is 25.3. The van der Waals surface area contributed by atoms with Crippen molar-refractivity contribution in [3.8, 4) is 5.82 Å². The molecular weight excluding hydrogens is 276 g/mol. The first-order valence-corrected chi connectivity index (χ1v) is 5.90. The molecule has 0 unspecified atom stereocenters. The van der Waals surface area contributed by atoms with Crippen molar-refractivity contribution in [1.82, 2.24) is 14.8 Å². The molecule has 8 heteroatoms. The van der Waals surface area contributed by atoms with Crippen LogP contribution in [0.3, 0.4) is 0 Å². The topological polar surface area (TPSA) is 111 Å². The van der Waals surface area contributed by atoms with Crippen LogP contribution >= 0.6 is 0 Å².